The van der Waals surface area contributed by atoms with Crippen molar-refractivity contribution in [1.29, 1.82) is 0 Å². The van der Waals surface area contributed by atoms with Crippen LogP contribution in [0, 0.1) is 0 Å². The number of carbonyl (C=O) groups is 1. The van der Waals surface area contributed by atoms with Crippen LogP contribution in [0.15, 0.2) is 30.5 Å². The maximum atomic E-state index is 11.9. The minimum atomic E-state index is -0.205. The van der Waals surface area contributed by atoms with Gasteiger partial charge in [-0.1, -0.05) is 36.2 Å². The van der Waals surface area contributed by atoms with Gasteiger partial charge in [-0.2, -0.15) is 5.10 Å². The molecule has 1 aromatic carbocycles. The Morgan fingerprint density at radius 2 is 2.05 bits per heavy atom. The van der Waals surface area contributed by atoms with Crippen molar-refractivity contribution >= 4 is 29.1 Å². The van der Waals surface area contributed by atoms with Crippen LogP contribution in [0.4, 0.5) is 0 Å². The lowest BCUT2D eigenvalue weighted by Gasteiger charge is -2.10. The lowest BCUT2D eigenvalue weighted by Crippen LogP contribution is -2.32. The summed E-state index contributed by atoms with van der Waals surface area (Å²) >= 11 is 12.0. The molecule has 1 amide bonds. The molecule has 7 heteroatoms. The minimum Gasteiger partial charge on any atom is -0.468 e. The van der Waals surface area contributed by atoms with E-state index in [9.17, 15) is 4.79 Å². The Kier molecular flexibility index (Phi) is 5.69. The number of carbonyl (C=O) groups excluding carboxylic acids is 1. The predicted molar refractivity (Wildman–Crippen MR) is 86.5 cm³/mol. The summed E-state index contributed by atoms with van der Waals surface area (Å²) in [4.78, 5) is 11.9. The molecule has 2 aromatic rings. The summed E-state index contributed by atoms with van der Waals surface area (Å²) in [6.45, 7) is 4.06. The molecule has 0 radical (unpaired) electrons. The number of ether oxygens (including phenoxy) is 1. The topological polar surface area (TPSA) is 56.2 Å². The lowest BCUT2D eigenvalue weighted by atomic mass is 10.2. The van der Waals surface area contributed by atoms with Crippen LogP contribution in [0.3, 0.4) is 0 Å². The van der Waals surface area contributed by atoms with Gasteiger partial charge in [0.15, 0.2) is 12.5 Å². The van der Waals surface area contributed by atoms with E-state index < -0.39 is 0 Å². The van der Waals surface area contributed by atoms with Crippen molar-refractivity contribution in [3.05, 3.63) is 46.2 Å². The second kappa shape index (κ2) is 7.51. The fourth-order valence-corrected chi connectivity index (χ4v) is 2.21. The molecule has 0 aliphatic heterocycles. The Morgan fingerprint density at radius 1 is 1.36 bits per heavy atom. The van der Waals surface area contributed by atoms with Crippen LogP contribution >= 0.6 is 23.2 Å². The van der Waals surface area contributed by atoms with Crippen LogP contribution < -0.4 is 10.1 Å². The summed E-state index contributed by atoms with van der Waals surface area (Å²) in [6, 6.07) is 6.86. The fourth-order valence-electron chi connectivity index (χ4n) is 1.71. The van der Waals surface area contributed by atoms with E-state index in [0.717, 1.165) is 6.42 Å². The third-order valence-corrected chi connectivity index (χ3v) is 3.72. The molecular weight excluding hydrogens is 325 g/mol. The molecule has 0 fully saturated rings. The SMILES string of the molecule is CCC(C)NC(=O)c1ccn(COc2c(Cl)cccc2Cl)n1. The Balaban J connectivity index is 1.99. The van der Waals surface area contributed by atoms with E-state index >= 15 is 0 Å². The van der Waals surface area contributed by atoms with Crippen LogP contribution in [0.1, 0.15) is 30.8 Å². The van der Waals surface area contributed by atoms with E-state index in [-0.39, 0.29) is 18.7 Å². The summed E-state index contributed by atoms with van der Waals surface area (Å²) in [6.07, 6.45) is 2.52. The maximum absolute atomic E-state index is 11.9. The normalized spacial score (nSPS) is 12.0. The first-order chi connectivity index (χ1) is 10.5. The number of halogens is 2. The van der Waals surface area contributed by atoms with Crippen molar-refractivity contribution < 1.29 is 9.53 Å². The van der Waals surface area contributed by atoms with Crippen LogP contribution in [-0.4, -0.2) is 21.7 Å². The van der Waals surface area contributed by atoms with Crippen molar-refractivity contribution in [1.82, 2.24) is 15.1 Å². The number of aromatic nitrogens is 2. The van der Waals surface area contributed by atoms with Gasteiger partial charge in [0.05, 0.1) is 10.0 Å². The van der Waals surface area contributed by atoms with E-state index in [4.69, 9.17) is 27.9 Å². The largest absolute Gasteiger partial charge is 0.468 e. The van der Waals surface area contributed by atoms with E-state index in [1.165, 1.54) is 4.68 Å². The second-order valence-electron chi connectivity index (χ2n) is 4.85. The highest BCUT2D eigenvalue weighted by Crippen LogP contribution is 2.32. The molecule has 1 atom stereocenters. The highest BCUT2D eigenvalue weighted by Gasteiger charge is 2.12. The first kappa shape index (κ1) is 16.6. The summed E-state index contributed by atoms with van der Waals surface area (Å²) in [5, 5.41) is 7.87. The summed E-state index contributed by atoms with van der Waals surface area (Å²) in [5.74, 6) is 0.191. The number of rotatable bonds is 6. The van der Waals surface area contributed by atoms with Crippen molar-refractivity contribution in [2.45, 2.75) is 33.0 Å². The Bertz CT molecular complexity index is 638. The highest BCUT2D eigenvalue weighted by molar-refractivity contribution is 6.37. The predicted octanol–water partition coefficient (Wildman–Crippen LogP) is 3.75. The molecule has 0 aliphatic carbocycles. The molecule has 1 unspecified atom stereocenters. The number of hydrogen-bond donors (Lipinski definition) is 1. The highest BCUT2D eigenvalue weighted by atomic mass is 35.5. The number of benzene rings is 1. The second-order valence-corrected chi connectivity index (χ2v) is 5.66. The van der Waals surface area contributed by atoms with Gasteiger partial charge in [-0.3, -0.25) is 4.79 Å². The molecule has 1 N–H and O–H groups in total. The van der Waals surface area contributed by atoms with Crippen molar-refractivity contribution in [2.24, 2.45) is 0 Å². The van der Waals surface area contributed by atoms with Crippen LogP contribution in [0.2, 0.25) is 10.0 Å². The average molecular weight is 342 g/mol. The molecule has 0 saturated heterocycles. The van der Waals surface area contributed by atoms with Crippen molar-refractivity contribution in [3.63, 3.8) is 0 Å². The molecule has 0 spiro atoms. The third kappa shape index (κ3) is 4.15. The zero-order chi connectivity index (χ0) is 16.1. The third-order valence-electron chi connectivity index (χ3n) is 3.12. The van der Waals surface area contributed by atoms with E-state index in [2.05, 4.69) is 10.4 Å². The summed E-state index contributed by atoms with van der Waals surface area (Å²) in [7, 11) is 0. The average Bonchev–Trinajstić information content (AvgIpc) is 2.95. The number of para-hydroxylation sites is 1. The molecule has 0 bridgehead atoms. The van der Waals surface area contributed by atoms with E-state index in [0.29, 0.717) is 21.5 Å². The van der Waals surface area contributed by atoms with Gasteiger partial charge in [-0.05, 0) is 31.5 Å². The number of amides is 1. The minimum absolute atomic E-state index is 0.107. The quantitative estimate of drug-likeness (QED) is 0.870. The van der Waals surface area contributed by atoms with Gasteiger partial charge in [-0.25, -0.2) is 4.68 Å². The van der Waals surface area contributed by atoms with Gasteiger partial charge in [0.25, 0.3) is 5.91 Å². The molecule has 118 valence electrons. The monoisotopic (exact) mass is 341 g/mol. The van der Waals surface area contributed by atoms with Crippen molar-refractivity contribution in [2.75, 3.05) is 0 Å². The smallest absolute Gasteiger partial charge is 0.271 e. The zero-order valence-electron chi connectivity index (χ0n) is 12.3. The molecule has 1 aromatic heterocycles. The Hall–Kier alpha value is -1.72. The Labute approximate surface area is 139 Å². The first-order valence-corrected chi connectivity index (χ1v) is 7.68. The number of nitrogens with one attached hydrogen (secondary N) is 1. The molecule has 2 rings (SSSR count). The Morgan fingerprint density at radius 3 is 2.68 bits per heavy atom. The van der Waals surface area contributed by atoms with Crippen LogP contribution in [0.25, 0.3) is 0 Å². The number of nitrogens with zero attached hydrogens (tertiary/aromatic N) is 2. The van der Waals surface area contributed by atoms with Gasteiger partial charge in [0.1, 0.15) is 5.69 Å². The molecule has 0 saturated carbocycles. The molecule has 1 heterocycles. The molecule has 5 nitrogen and oxygen atoms in total. The fraction of sp³-hybridized carbons (Fsp3) is 0.333. The maximum Gasteiger partial charge on any atom is 0.271 e. The first-order valence-electron chi connectivity index (χ1n) is 6.92. The van der Waals surface area contributed by atoms with Crippen LogP contribution in [-0.2, 0) is 6.73 Å². The van der Waals surface area contributed by atoms with Gasteiger partial charge < -0.3 is 10.1 Å². The molecule has 0 aliphatic rings. The van der Waals surface area contributed by atoms with Crippen LogP contribution in [0.5, 0.6) is 5.75 Å². The van der Waals surface area contributed by atoms with Gasteiger partial charge in [0.2, 0.25) is 0 Å². The molecule has 22 heavy (non-hydrogen) atoms. The lowest BCUT2D eigenvalue weighted by molar-refractivity contribution is 0.0932. The summed E-state index contributed by atoms with van der Waals surface area (Å²) in [5.41, 5.74) is 0.342. The molecular formula is C15H17Cl2N3O2. The summed E-state index contributed by atoms with van der Waals surface area (Å²) < 4.78 is 7.06. The van der Waals surface area contributed by atoms with E-state index in [1.807, 2.05) is 13.8 Å². The van der Waals surface area contributed by atoms with Gasteiger partial charge in [0, 0.05) is 12.2 Å². The van der Waals surface area contributed by atoms with Gasteiger partial charge >= 0.3 is 0 Å². The van der Waals surface area contributed by atoms with Gasteiger partial charge in [-0.15, -0.1) is 0 Å². The standard InChI is InChI=1S/C15H17Cl2N3O2/c1-3-10(2)18-15(21)13-7-8-20(19-13)9-22-14-11(16)5-4-6-12(14)17/h4-8,10H,3,9H2,1-2H3,(H,18,21). The van der Waals surface area contributed by atoms with Crippen molar-refractivity contribution in [3.8, 4) is 5.75 Å². The zero-order valence-corrected chi connectivity index (χ0v) is 13.9. The van der Waals surface area contributed by atoms with E-state index in [1.54, 1.807) is 30.5 Å². The number of hydrogen-bond acceptors (Lipinski definition) is 3.